The van der Waals surface area contributed by atoms with Gasteiger partial charge in [0.05, 0.1) is 5.92 Å². The largest absolute Gasteiger partial charge is 0.330 e. The molecule has 2 aromatic carbocycles. The van der Waals surface area contributed by atoms with E-state index in [1.807, 2.05) is 30.3 Å². The van der Waals surface area contributed by atoms with Crippen molar-refractivity contribution in [3.05, 3.63) is 71.3 Å². The van der Waals surface area contributed by atoms with Gasteiger partial charge in [-0.3, -0.25) is 4.79 Å². The van der Waals surface area contributed by atoms with Crippen molar-refractivity contribution in [1.82, 2.24) is 5.01 Å². The van der Waals surface area contributed by atoms with Gasteiger partial charge >= 0.3 is 0 Å². The summed E-state index contributed by atoms with van der Waals surface area (Å²) in [4.78, 5) is 23.8. The Morgan fingerprint density at radius 3 is 2.63 bits per heavy atom. The zero-order valence-corrected chi connectivity index (χ0v) is 17.4. The number of rotatable bonds is 8. The molecule has 0 bridgehead atoms. The van der Waals surface area contributed by atoms with E-state index in [9.17, 15) is 18.4 Å². The smallest absolute Gasteiger partial charge is 0.254 e. The molecule has 2 N–H and O–H groups in total. The summed E-state index contributed by atoms with van der Waals surface area (Å²) < 4.78 is 28.3. The lowest BCUT2D eigenvalue weighted by molar-refractivity contribution is -0.141. The third kappa shape index (κ3) is 4.15. The molecule has 0 fully saturated rings. The van der Waals surface area contributed by atoms with Crippen LogP contribution >= 0.6 is 11.8 Å². The number of hydrogen-bond donors (Lipinski definition) is 1. The van der Waals surface area contributed by atoms with Crippen LogP contribution < -0.4 is 5.73 Å². The van der Waals surface area contributed by atoms with Crippen LogP contribution in [0.25, 0.3) is 0 Å². The van der Waals surface area contributed by atoms with Crippen molar-refractivity contribution in [3.8, 4) is 0 Å². The molecule has 2 atom stereocenters. The minimum atomic E-state index is -1.01. The molecule has 0 aromatic heterocycles. The highest BCUT2D eigenvalue weighted by molar-refractivity contribution is 8.15. The quantitative estimate of drug-likeness (QED) is 0.506. The molecule has 0 spiro atoms. The summed E-state index contributed by atoms with van der Waals surface area (Å²) >= 11 is 1.18. The summed E-state index contributed by atoms with van der Waals surface area (Å²) in [7, 11) is 0. The highest BCUT2D eigenvalue weighted by Gasteiger charge is 2.49. The average Bonchev–Trinajstić information content (AvgIpc) is 3.16. The van der Waals surface area contributed by atoms with Crippen molar-refractivity contribution in [2.45, 2.75) is 31.1 Å². The molecule has 1 aliphatic rings. The fourth-order valence-electron chi connectivity index (χ4n) is 3.40. The number of benzene rings is 2. The Hall–Kier alpha value is -2.58. The Morgan fingerprint density at radius 1 is 1.27 bits per heavy atom. The van der Waals surface area contributed by atoms with Gasteiger partial charge in [-0.25, -0.2) is 13.8 Å². The third-order valence-corrected chi connectivity index (χ3v) is 6.48. The number of carbonyl (C=O) groups excluding carboxylic acids is 2. The lowest BCUT2D eigenvalue weighted by Crippen LogP contribution is -2.44. The molecule has 0 saturated carbocycles. The third-order valence-electron chi connectivity index (χ3n) is 5.03. The topological polar surface area (TPSA) is 75.8 Å². The number of halogens is 2. The van der Waals surface area contributed by atoms with Crippen LogP contribution in [0.2, 0.25) is 0 Å². The van der Waals surface area contributed by atoms with Crippen LogP contribution in [-0.4, -0.2) is 28.8 Å². The maximum atomic E-state index is 14.5. The van der Waals surface area contributed by atoms with Crippen LogP contribution in [-0.2, 0) is 14.5 Å². The Kier molecular flexibility index (Phi) is 6.99. The van der Waals surface area contributed by atoms with Gasteiger partial charge in [0, 0.05) is 5.56 Å². The van der Waals surface area contributed by atoms with Gasteiger partial charge in [0.1, 0.15) is 27.8 Å². The summed E-state index contributed by atoms with van der Waals surface area (Å²) in [6.45, 7) is 2.12. The van der Waals surface area contributed by atoms with Gasteiger partial charge in [-0.1, -0.05) is 49.0 Å². The van der Waals surface area contributed by atoms with Crippen molar-refractivity contribution in [1.29, 1.82) is 0 Å². The van der Waals surface area contributed by atoms with Gasteiger partial charge in [0.25, 0.3) is 5.91 Å². The van der Waals surface area contributed by atoms with Crippen molar-refractivity contribution in [2.75, 3.05) is 6.54 Å². The maximum absolute atomic E-state index is 14.5. The summed E-state index contributed by atoms with van der Waals surface area (Å²) in [6, 6.07) is 12.3. The summed E-state index contributed by atoms with van der Waals surface area (Å²) in [5.41, 5.74) is 6.50. The molecule has 0 radical (unpaired) electrons. The molecule has 1 amide bonds. The average molecular weight is 432 g/mol. The highest BCUT2D eigenvalue weighted by atomic mass is 32.2. The molecule has 158 valence electrons. The number of thioether (sulfide) groups is 1. The first-order valence-corrected chi connectivity index (χ1v) is 10.6. The maximum Gasteiger partial charge on any atom is 0.254 e. The van der Waals surface area contributed by atoms with Crippen molar-refractivity contribution in [3.63, 3.8) is 0 Å². The van der Waals surface area contributed by atoms with Crippen LogP contribution in [0.15, 0.2) is 53.6 Å². The second-order valence-electron chi connectivity index (χ2n) is 6.97. The van der Waals surface area contributed by atoms with E-state index in [-0.39, 0.29) is 10.6 Å². The number of carbonyl (C=O) groups is 2. The number of amides is 1. The highest BCUT2D eigenvalue weighted by Crippen LogP contribution is 2.51. The predicted molar refractivity (Wildman–Crippen MR) is 114 cm³/mol. The number of hydrazone groups is 1. The molecule has 8 heteroatoms. The fraction of sp³-hybridized carbons (Fsp3) is 0.318. The first-order chi connectivity index (χ1) is 14.5. The monoisotopic (exact) mass is 431 g/mol. The molecule has 30 heavy (non-hydrogen) atoms. The van der Waals surface area contributed by atoms with Crippen LogP contribution in [0, 0.1) is 17.6 Å². The summed E-state index contributed by atoms with van der Waals surface area (Å²) in [5, 5.41) is 5.87. The molecule has 1 heterocycles. The molecule has 1 aliphatic heterocycles. The van der Waals surface area contributed by atoms with E-state index in [1.54, 1.807) is 6.92 Å². The van der Waals surface area contributed by atoms with Crippen LogP contribution in [0.1, 0.15) is 37.3 Å². The minimum absolute atomic E-state index is 0.0255. The number of aldehydes is 1. The van der Waals surface area contributed by atoms with Crippen molar-refractivity contribution >= 4 is 29.0 Å². The first-order valence-electron chi connectivity index (χ1n) is 9.74. The van der Waals surface area contributed by atoms with Gasteiger partial charge in [0.2, 0.25) is 0 Å². The van der Waals surface area contributed by atoms with E-state index in [2.05, 4.69) is 5.10 Å². The Balaban J connectivity index is 2.17. The normalized spacial score (nSPS) is 19.5. The van der Waals surface area contributed by atoms with E-state index in [0.29, 0.717) is 32.1 Å². The molecule has 0 unspecified atom stereocenters. The molecule has 0 aliphatic carbocycles. The van der Waals surface area contributed by atoms with Gasteiger partial charge in [-0.15, -0.1) is 0 Å². The standard InChI is InChI=1S/C22H23F2N3O2S/c1-2-15(14-28)21(29)27-22(11-6-12-25,16-7-4-3-5-8-16)30-20(26-27)18-13-17(23)9-10-19(18)24/h3-5,7-10,13-15H,2,6,11-12,25H2,1H3/t15-,22-/m0/s1. The Labute approximate surface area is 178 Å². The molecule has 2 aromatic rings. The molecule has 5 nitrogen and oxygen atoms in total. The Morgan fingerprint density at radius 2 is 2.00 bits per heavy atom. The summed E-state index contributed by atoms with van der Waals surface area (Å²) in [6.07, 6.45) is 1.91. The SMILES string of the molecule is CC[C@@H](C=O)C(=O)N1N=C(c2cc(F)ccc2F)S[C@@]1(CCCN)c1ccccc1. The second kappa shape index (κ2) is 9.49. The van der Waals surface area contributed by atoms with Crippen molar-refractivity contribution in [2.24, 2.45) is 16.8 Å². The molecule has 0 saturated heterocycles. The lowest BCUT2D eigenvalue weighted by Gasteiger charge is -2.36. The first kappa shape index (κ1) is 22.1. The number of hydrogen-bond acceptors (Lipinski definition) is 5. The number of nitrogens with zero attached hydrogens (tertiary/aromatic N) is 2. The zero-order chi connectivity index (χ0) is 21.7. The molecule has 3 rings (SSSR count). The fourth-order valence-corrected chi connectivity index (χ4v) is 4.83. The minimum Gasteiger partial charge on any atom is -0.330 e. The van der Waals surface area contributed by atoms with Gasteiger partial charge < -0.3 is 10.5 Å². The van der Waals surface area contributed by atoms with E-state index >= 15 is 0 Å². The van der Waals surface area contributed by atoms with Crippen LogP contribution in [0.5, 0.6) is 0 Å². The van der Waals surface area contributed by atoms with Gasteiger partial charge in [0.15, 0.2) is 0 Å². The lowest BCUT2D eigenvalue weighted by atomic mass is 9.98. The number of nitrogens with two attached hydrogens (primary N) is 1. The van der Waals surface area contributed by atoms with Gasteiger partial charge in [-0.05, 0) is 49.6 Å². The second-order valence-corrected chi connectivity index (χ2v) is 8.24. The van der Waals surface area contributed by atoms with Crippen LogP contribution in [0.3, 0.4) is 0 Å². The molecular formula is C22H23F2N3O2S. The van der Waals surface area contributed by atoms with Crippen LogP contribution in [0.4, 0.5) is 8.78 Å². The van der Waals surface area contributed by atoms with E-state index in [0.717, 1.165) is 23.8 Å². The van der Waals surface area contributed by atoms with E-state index < -0.39 is 28.3 Å². The van der Waals surface area contributed by atoms with Gasteiger partial charge in [-0.2, -0.15) is 5.10 Å². The summed E-state index contributed by atoms with van der Waals surface area (Å²) in [5.74, 6) is -2.61. The molecular weight excluding hydrogens is 408 g/mol. The zero-order valence-electron chi connectivity index (χ0n) is 16.6. The predicted octanol–water partition coefficient (Wildman–Crippen LogP) is 4.02. The Bertz CT molecular complexity index is 955. The van der Waals surface area contributed by atoms with Crippen molar-refractivity contribution < 1.29 is 18.4 Å². The van der Waals surface area contributed by atoms with E-state index in [4.69, 9.17) is 5.73 Å². The van der Waals surface area contributed by atoms with E-state index in [1.165, 1.54) is 16.8 Å².